The molecule has 3 amide bonds. The van der Waals surface area contributed by atoms with Gasteiger partial charge in [0.2, 0.25) is 0 Å². The number of amides is 3. The van der Waals surface area contributed by atoms with Crippen LogP contribution in [0.1, 0.15) is 39.5 Å². The Hall–Kier alpha value is -3.43. The Morgan fingerprint density at radius 3 is 2.72 bits per heavy atom. The Labute approximate surface area is 190 Å². The van der Waals surface area contributed by atoms with Crippen LogP contribution in [-0.2, 0) is 13.0 Å². The lowest BCUT2D eigenvalue weighted by Crippen LogP contribution is -2.31. The minimum absolute atomic E-state index is 0.218. The second-order valence-electron chi connectivity index (χ2n) is 7.90. The SMILES string of the molecule is C[C@H](NC(=O)Nc1ccc(N)cc1)c1cccc(C(=O)Nc2nc3c(s2)CN(C)CC3)c1. The van der Waals surface area contributed by atoms with Crippen LogP contribution < -0.4 is 21.7 Å². The second kappa shape index (κ2) is 9.37. The van der Waals surface area contributed by atoms with Crippen LogP contribution in [0, 0.1) is 0 Å². The summed E-state index contributed by atoms with van der Waals surface area (Å²) in [5.41, 5.74) is 9.35. The highest BCUT2D eigenvalue weighted by atomic mass is 32.1. The molecule has 4 rings (SSSR count). The molecule has 1 atom stereocenters. The number of nitrogens with one attached hydrogen (secondary N) is 3. The van der Waals surface area contributed by atoms with Gasteiger partial charge in [-0.1, -0.05) is 12.1 Å². The molecule has 1 aromatic heterocycles. The van der Waals surface area contributed by atoms with Crippen molar-refractivity contribution in [3.63, 3.8) is 0 Å². The number of benzene rings is 2. The molecule has 0 spiro atoms. The first kappa shape index (κ1) is 21.8. The molecule has 0 saturated carbocycles. The molecule has 2 heterocycles. The molecule has 9 heteroatoms. The van der Waals surface area contributed by atoms with Crippen molar-refractivity contribution in [1.82, 2.24) is 15.2 Å². The van der Waals surface area contributed by atoms with Gasteiger partial charge < -0.3 is 21.3 Å². The number of carbonyl (C=O) groups excluding carboxylic acids is 2. The molecule has 5 N–H and O–H groups in total. The summed E-state index contributed by atoms with van der Waals surface area (Å²) in [6, 6.07) is 13.5. The third-order valence-electron chi connectivity index (χ3n) is 5.31. The summed E-state index contributed by atoms with van der Waals surface area (Å²) < 4.78 is 0. The number of hydrogen-bond donors (Lipinski definition) is 4. The number of aromatic nitrogens is 1. The smallest absolute Gasteiger partial charge is 0.319 e. The summed E-state index contributed by atoms with van der Waals surface area (Å²) >= 11 is 1.52. The number of likely N-dealkylation sites (N-methyl/N-ethyl adjacent to an activating group) is 1. The maximum absolute atomic E-state index is 12.8. The van der Waals surface area contributed by atoms with Crippen molar-refractivity contribution in [3.05, 3.63) is 70.2 Å². The number of nitrogens with zero attached hydrogens (tertiary/aromatic N) is 2. The molecule has 8 nitrogen and oxygen atoms in total. The van der Waals surface area contributed by atoms with Crippen LogP contribution in [0.25, 0.3) is 0 Å². The van der Waals surface area contributed by atoms with Gasteiger partial charge in [-0.05, 0) is 55.9 Å². The van der Waals surface area contributed by atoms with Crippen LogP contribution >= 0.6 is 11.3 Å². The standard InChI is InChI=1S/C23H26N6O2S/c1-14(25-22(31)26-18-8-6-17(24)7-9-18)15-4-3-5-16(12-15)21(30)28-23-27-19-10-11-29(2)13-20(19)32-23/h3-9,12,14H,10-11,13,24H2,1-2H3,(H2,25,26,31)(H,27,28,30)/t14-/m0/s1. The minimum atomic E-state index is -0.338. The van der Waals surface area contributed by atoms with Crippen molar-refractivity contribution in [2.45, 2.75) is 25.9 Å². The normalized spacial score (nSPS) is 14.3. The lowest BCUT2D eigenvalue weighted by atomic mass is 10.0. The number of carbonyl (C=O) groups is 2. The summed E-state index contributed by atoms with van der Waals surface area (Å²) in [5.74, 6) is -0.218. The van der Waals surface area contributed by atoms with Gasteiger partial charge in [0.25, 0.3) is 5.91 Å². The van der Waals surface area contributed by atoms with E-state index in [0.29, 0.717) is 22.1 Å². The third kappa shape index (κ3) is 5.24. The molecule has 0 saturated heterocycles. The van der Waals surface area contributed by atoms with Gasteiger partial charge in [0.05, 0.1) is 11.7 Å². The number of nitrogens with two attached hydrogens (primary N) is 1. The summed E-state index contributed by atoms with van der Waals surface area (Å²) in [6.07, 6.45) is 0.898. The Morgan fingerprint density at radius 1 is 1.16 bits per heavy atom. The van der Waals surface area contributed by atoms with Gasteiger partial charge in [0.1, 0.15) is 0 Å². The van der Waals surface area contributed by atoms with Crippen LogP contribution in [-0.4, -0.2) is 35.4 Å². The van der Waals surface area contributed by atoms with Gasteiger partial charge in [-0.2, -0.15) is 0 Å². The highest BCUT2D eigenvalue weighted by Crippen LogP contribution is 2.28. The third-order valence-corrected chi connectivity index (χ3v) is 6.31. The van der Waals surface area contributed by atoms with Crippen molar-refractivity contribution in [2.75, 3.05) is 30.0 Å². The lowest BCUT2D eigenvalue weighted by molar-refractivity contribution is 0.102. The van der Waals surface area contributed by atoms with E-state index in [-0.39, 0.29) is 18.0 Å². The van der Waals surface area contributed by atoms with E-state index in [1.54, 1.807) is 36.4 Å². The molecular weight excluding hydrogens is 424 g/mol. The molecule has 1 aliphatic rings. The number of fused-ring (bicyclic) bond motifs is 1. The Balaban J connectivity index is 1.38. The monoisotopic (exact) mass is 450 g/mol. The quantitative estimate of drug-likeness (QED) is 0.441. The Kier molecular flexibility index (Phi) is 6.38. The molecule has 0 fully saturated rings. The fourth-order valence-corrected chi connectivity index (χ4v) is 4.59. The summed E-state index contributed by atoms with van der Waals surface area (Å²) in [7, 11) is 2.08. The highest BCUT2D eigenvalue weighted by Gasteiger charge is 2.20. The van der Waals surface area contributed by atoms with Crippen molar-refractivity contribution in [1.29, 1.82) is 0 Å². The molecule has 2 aromatic carbocycles. The summed E-state index contributed by atoms with van der Waals surface area (Å²) in [5, 5.41) is 9.19. The average molecular weight is 451 g/mol. The molecule has 0 aliphatic carbocycles. The maximum atomic E-state index is 12.8. The second-order valence-corrected chi connectivity index (χ2v) is 8.98. The zero-order chi connectivity index (χ0) is 22.7. The van der Waals surface area contributed by atoms with E-state index in [2.05, 4.69) is 32.9 Å². The molecule has 166 valence electrons. The van der Waals surface area contributed by atoms with E-state index >= 15 is 0 Å². The molecule has 0 radical (unpaired) electrons. The molecule has 0 bridgehead atoms. The van der Waals surface area contributed by atoms with Gasteiger partial charge >= 0.3 is 6.03 Å². The zero-order valence-electron chi connectivity index (χ0n) is 18.0. The van der Waals surface area contributed by atoms with Crippen molar-refractivity contribution >= 4 is 39.8 Å². The lowest BCUT2D eigenvalue weighted by Gasteiger charge is -2.20. The van der Waals surface area contributed by atoms with Crippen LogP contribution in [0.15, 0.2) is 48.5 Å². The first-order chi connectivity index (χ1) is 15.4. The van der Waals surface area contributed by atoms with Crippen LogP contribution in [0.5, 0.6) is 0 Å². The van der Waals surface area contributed by atoms with E-state index in [0.717, 1.165) is 30.8 Å². The maximum Gasteiger partial charge on any atom is 0.319 e. The number of urea groups is 1. The number of rotatable bonds is 5. The van der Waals surface area contributed by atoms with Crippen molar-refractivity contribution < 1.29 is 9.59 Å². The van der Waals surface area contributed by atoms with E-state index < -0.39 is 0 Å². The predicted octanol–water partition coefficient (Wildman–Crippen LogP) is 3.85. The molecule has 32 heavy (non-hydrogen) atoms. The minimum Gasteiger partial charge on any atom is -0.399 e. The number of hydrogen-bond acceptors (Lipinski definition) is 6. The van der Waals surface area contributed by atoms with Gasteiger partial charge in [-0.15, -0.1) is 11.3 Å². The van der Waals surface area contributed by atoms with E-state index in [4.69, 9.17) is 5.73 Å². The summed E-state index contributed by atoms with van der Waals surface area (Å²) in [4.78, 5) is 33.1. The molecule has 3 aromatic rings. The number of thiazole rings is 1. The first-order valence-electron chi connectivity index (χ1n) is 10.4. The van der Waals surface area contributed by atoms with E-state index in [9.17, 15) is 9.59 Å². The largest absolute Gasteiger partial charge is 0.399 e. The first-order valence-corrected chi connectivity index (χ1v) is 11.2. The van der Waals surface area contributed by atoms with Crippen LogP contribution in [0.3, 0.4) is 0 Å². The van der Waals surface area contributed by atoms with Gasteiger partial charge in [0, 0.05) is 41.3 Å². The number of nitrogen functional groups attached to an aromatic ring is 1. The topological polar surface area (TPSA) is 112 Å². The molecular formula is C23H26N6O2S. The number of anilines is 3. The Bertz CT molecular complexity index is 1130. The highest BCUT2D eigenvalue weighted by molar-refractivity contribution is 7.15. The van der Waals surface area contributed by atoms with Crippen LogP contribution in [0.4, 0.5) is 21.3 Å². The van der Waals surface area contributed by atoms with Gasteiger partial charge in [0.15, 0.2) is 5.13 Å². The van der Waals surface area contributed by atoms with Gasteiger partial charge in [-0.3, -0.25) is 10.1 Å². The predicted molar refractivity (Wildman–Crippen MR) is 128 cm³/mol. The van der Waals surface area contributed by atoms with Crippen LogP contribution in [0.2, 0.25) is 0 Å². The van der Waals surface area contributed by atoms with Crippen molar-refractivity contribution in [2.24, 2.45) is 0 Å². The fraction of sp³-hybridized carbons (Fsp3) is 0.261. The summed E-state index contributed by atoms with van der Waals surface area (Å²) in [6.45, 7) is 3.70. The van der Waals surface area contributed by atoms with Gasteiger partial charge in [-0.25, -0.2) is 9.78 Å². The average Bonchev–Trinajstić information content (AvgIpc) is 3.16. The molecule has 0 unspecified atom stereocenters. The van der Waals surface area contributed by atoms with Crippen molar-refractivity contribution in [3.8, 4) is 0 Å². The zero-order valence-corrected chi connectivity index (χ0v) is 18.8. The van der Waals surface area contributed by atoms with E-state index in [1.807, 2.05) is 19.1 Å². The molecule has 1 aliphatic heterocycles. The fourth-order valence-electron chi connectivity index (χ4n) is 3.51. The van der Waals surface area contributed by atoms with E-state index in [1.165, 1.54) is 16.2 Å². The Morgan fingerprint density at radius 2 is 1.94 bits per heavy atom.